The van der Waals surface area contributed by atoms with Gasteiger partial charge in [0.2, 0.25) is 5.43 Å². The smallest absolute Gasteiger partial charge is 0.208 e. The van der Waals surface area contributed by atoms with Crippen LogP contribution in [-0.2, 0) is 0 Å². The lowest BCUT2D eigenvalue weighted by Crippen LogP contribution is -2.06. The van der Waals surface area contributed by atoms with Crippen LogP contribution in [0.4, 0.5) is 0 Å². The fourth-order valence-corrected chi connectivity index (χ4v) is 2.45. The lowest BCUT2D eigenvalue weighted by Gasteiger charge is -1.91. The Morgan fingerprint density at radius 2 is 2.21 bits per heavy atom. The number of aromatic amines is 1. The maximum atomic E-state index is 11.8. The number of aryl methyl sites for hydroxylation is 2. The first-order valence-electron chi connectivity index (χ1n) is 4.16. The highest BCUT2D eigenvalue weighted by Gasteiger charge is 2.11. The molecule has 0 unspecified atom stereocenters. The number of nitriles is 1. The number of H-pyrrole nitrogens is 1. The number of rotatable bonds is 0. The molecule has 0 atom stereocenters. The quantitative estimate of drug-likeness (QED) is 0.714. The zero-order valence-electron chi connectivity index (χ0n) is 7.84. The summed E-state index contributed by atoms with van der Waals surface area (Å²) in [7, 11) is 0. The minimum atomic E-state index is -0.164. The van der Waals surface area contributed by atoms with Crippen molar-refractivity contribution in [1.82, 2.24) is 4.98 Å². The molecule has 2 aromatic rings. The number of aromatic nitrogens is 1. The van der Waals surface area contributed by atoms with E-state index >= 15 is 0 Å². The molecular weight excluding hydrogens is 196 g/mol. The molecule has 1 N–H and O–H groups in total. The third-order valence-corrected chi connectivity index (χ3v) is 3.46. The number of hydrogen-bond donors (Lipinski definition) is 1. The van der Waals surface area contributed by atoms with Gasteiger partial charge in [0.25, 0.3) is 0 Å². The molecule has 0 fully saturated rings. The van der Waals surface area contributed by atoms with Crippen molar-refractivity contribution in [3.05, 3.63) is 32.4 Å². The number of nitrogens with zero attached hydrogens (tertiary/aromatic N) is 1. The summed E-state index contributed by atoms with van der Waals surface area (Å²) >= 11 is 1.55. The van der Waals surface area contributed by atoms with Crippen LogP contribution in [0.3, 0.4) is 0 Å². The van der Waals surface area contributed by atoms with Crippen molar-refractivity contribution >= 4 is 21.6 Å². The molecule has 14 heavy (non-hydrogen) atoms. The molecule has 0 aliphatic rings. The number of fused-ring (bicyclic) bond motifs is 1. The second-order valence-electron chi connectivity index (χ2n) is 3.13. The van der Waals surface area contributed by atoms with Crippen LogP contribution in [0, 0.1) is 25.2 Å². The molecule has 3 nitrogen and oxygen atoms in total. The van der Waals surface area contributed by atoms with E-state index in [2.05, 4.69) is 4.98 Å². The van der Waals surface area contributed by atoms with Crippen LogP contribution < -0.4 is 5.43 Å². The minimum absolute atomic E-state index is 0.164. The first-order chi connectivity index (χ1) is 6.65. The maximum Gasteiger partial charge on any atom is 0.208 e. The van der Waals surface area contributed by atoms with Crippen molar-refractivity contribution in [1.29, 1.82) is 5.26 Å². The molecular formula is C10H8N2OS. The van der Waals surface area contributed by atoms with E-state index in [1.54, 1.807) is 11.3 Å². The fraction of sp³-hybridized carbons (Fsp3) is 0.200. The number of nitrogens with one attached hydrogen (secondary N) is 1. The normalized spacial score (nSPS) is 10.4. The van der Waals surface area contributed by atoms with E-state index in [1.807, 2.05) is 19.9 Å². The van der Waals surface area contributed by atoms with Crippen LogP contribution in [-0.4, -0.2) is 4.98 Å². The second-order valence-corrected chi connectivity index (χ2v) is 4.36. The molecule has 0 aliphatic heterocycles. The van der Waals surface area contributed by atoms with Gasteiger partial charge in [0.1, 0.15) is 16.5 Å². The molecule has 2 aromatic heterocycles. The van der Waals surface area contributed by atoms with Crippen LogP contribution in [0.2, 0.25) is 0 Å². The van der Waals surface area contributed by atoms with Crippen molar-refractivity contribution in [2.24, 2.45) is 0 Å². The van der Waals surface area contributed by atoms with Crippen molar-refractivity contribution in [3.63, 3.8) is 0 Å². The molecule has 0 aliphatic carbocycles. The van der Waals surface area contributed by atoms with Crippen molar-refractivity contribution < 1.29 is 0 Å². The van der Waals surface area contributed by atoms with E-state index in [4.69, 9.17) is 5.26 Å². The Balaban J connectivity index is 3.03. The molecule has 2 heterocycles. The fourth-order valence-electron chi connectivity index (χ4n) is 1.42. The van der Waals surface area contributed by atoms with Crippen LogP contribution in [0.5, 0.6) is 0 Å². The molecule has 0 saturated heterocycles. The van der Waals surface area contributed by atoms with Crippen LogP contribution in [0.1, 0.15) is 16.0 Å². The third-order valence-electron chi connectivity index (χ3n) is 2.33. The standard InChI is InChI=1S/C10H8N2OS/c1-5-6(2)14-10-8(5)9(13)7(3-11)4-12-10/h4H,1-2H3,(H,12,13). The largest absolute Gasteiger partial charge is 0.351 e. The summed E-state index contributed by atoms with van der Waals surface area (Å²) in [5, 5.41) is 9.37. The highest BCUT2D eigenvalue weighted by atomic mass is 32.1. The van der Waals surface area contributed by atoms with Gasteiger partial charge in [-0.15, -0.1) is 11.3 Å². The Bertz CT molecular complexity index is 601. The van der Waals surface area contributed by atoms with Gasteiger partial charge in [-0.25, -0.2) is 0 Å². The van der Waals surface area contributed by atoms with E-state index in [1.165, 1.54) is 6.20 Å². The molecule has 0 saturated carbocycles. The third kappa shape index (κ3) is 1.06. The second kappa shape index (κ2) is 2.96. The Kier molecular flexibility index (Phi) is 1.90. The Hall–Kier alpha value is -1.60. The zero-order chi connectivity index (χ0) is 10.3. The maximum absolute atomic E-state index is 11.8. The van der Waals surface area contributed by atoms with Gasteiger partial charge in [-0.2, -0.15) is 5.26 Å². The van der Waals surface area contributed by atoms with Crippen molar-refractivity contribution in [2.75, 3.05) is 0 Å². The summed E-state index contributed by atoms with van der Waals surface area (Å²) in [5.41, 5.74) is 0.991. The molecule has 0 radical (unpaired) electrons. The van der Waals surface area contributed by atoms with Crippen molar-refractivity contribution in [3.8, 4) is 6.07 Å². The van der Waals surface area contributed by atoms with Gasteiger partial charge >= 0.3 is 0 Å². The van der Waals surface area contributed by atoms with E-state index in [0.717, 1.165) is 15.3 Å². The average Bonchev–Trinajstić information content (AvgIpc) is 2.44. The highest BCUT2D eigenvalue weighted by molar-refractivity contribution is 7.18. The van der Waals surface area contributed by atoms with Crippen LogP contribution >= 0.6 is 11.3 Å². The zero-order valence-corrected chi connectivity index (χ0v) is 8.66. The van der Waals surface area contributed by atoms with Gasteiger partial charge in [0.05, 0.1) is 5.39 Å². The lowest BCUT2D eigenvalue weighted by atomic mass is 10.1. The Morgan fingerprint density at radius 3 is 2.86 bits per heavy atom. The highest BCUT2D eigenvalue weighted by Crippen LogP contribution is 2.25. The SMILES string of the molecule is Cc1sc2[nH]cc(C#N)c(=O)c2c1C. The van der Waals surface area contributed by atoms with Gasteiger partial charge in [0, 0.05) is 11.1 Å². The monoisotopic (exact) mass is 204 g/mol. The molecule has 0 bridgehead atoms. The number of hydrogen-bond acceptors (Lipinski definition) is 3. The molecule has 70 valence electrons. The summed E-state index contributed by atoms with van der Waals surface area (Å²) in [5.74, 6) is 0. The summed E-state index contributed by atoms with van der Waals surface area (Å²) in [6.45, 7) is 3.88. The van der Waals surface area contributed by atoms with Crippen molar-refractivity contribution in [2.45, 2.75) is 13.8 Å². The van der Waals surface area contributed by atoms with Gasteiger partial charge in [-0.3, -0.25) is 4.79 Å². The molecule has 2 rings (SSSR count). The summed E-state index contributed by atoms with van der Waals surface area (Å²) in [6, 6.07) is 1.88. The molecule has 0 aromatic carbocycles. The topological polar surface area (TPSA) is 56.6 Å². The van der Waals surface area contributed by atoms with Gasteiger partial charge in [0.15, 0.2) is 0 Å². The predicted octanol–water partition coefficient (Wildman–Crippen LogP) is 2.08. The Morgan fingerprint density at radius 1 is 1.50 bits per heavy atom. The summed E-state index contributed by atoms with van der Waals surface area (Å²) in [6.07, 6.45) is 1.47. The predicted molar refractivity (Wildman–Crippen MR) is 56.6 cm³/mol. The van der Waals surface area contributed by atoms with E-state index in [9.17, 15) is 4.79 Å². The van der Waals surface area contributed by atoms with Gasteiger partial charge in [-0.05, 0) is 19.4 Å². The van der Waals surface area contributed by atoms with Crippen LogP contribution in [0.25, 0.3) is 10.2 Å². The Labute approximate surface area is 84.6 Å². The van der Waals surface area contributed by atoms with Gasteiger partial charge < -0.3 is 4.98 Å². The first kappa shape index (κ1) is 8.97. The number of thiophene rings is 1. The van der Waals surface area contributed by atoms with Gasteiger partial charge in [-0.1, -0.05) is 0 Å². The van der Waals surface area contributed by atoms with E-state index < -0.39 is 0 Å². The van der Waals surface area contributed by atoms with E-state index in [-0.39, 0.29) is 11.0 Å². The molecule has 4 heteroatoms. The summed E-state index contributed by atoms with van der Waals surface area (Å²) in [4.78, 5) is 16.7. The molecule has 0 spiro atoms. The lowest BCUT2D eigenvalue weighted by molar-refractivity contribution is 1.35. The minimum Gasteiger partial charge on any atom is -0.351 e. The first-order valence-corrected chi connectivity index (χ1v) is 4.98. The summed E-state index contributed by atoms with van der Waals surface area (Å²) < 4.78 is 0. The average molecular weight is 204 g/mol. The number of pyridine rings is 1. The van der Waals surface area contributed by atoms with E-state index in [0.29, 0.717) is 5.39 Å². The van der Waals surface area contributed by atoms with Crippen LogP contribution in [0.15, 0.2) is 11.0 Å². The molecule has 0 amide bonds.